The molecule has 8 heteroatoms. The zero-order valence-electron chi connectivity index (χ0n) is 13.9. The van der Waals surface area contributed by atoms with E-state index in [-0.39, 0.29) is 11.6 Å². The number of hydrogen-bond acceptors (Lipinski definition) is 3. The molecule has 25 heavy (non-hydrogen) atoms. The number of rotatable bonds is 3. The minimum atomic E-state index is -0.951. The molecule has 0 aliphatic carbocycles. The van der Waals surface area contributed by atoms with Crippen LogP contribution in [0.25, 0.3) is 0 Å². The number of likely N-dealkylation sites (tertiary alicyclic amines) is 1. The van der Waals surface area contributed by atoms with Gasteiger partial charge in [0.05, 0.1) is 11.5 Å². The summed E-state index contributed by atoms with van der Waals surface area (Å²) in [4.78, 5) is 38.8. The number of benzene rings is 1. The molecule has 2 atom stereocenters. The molecule has 0 bridgehead atoms. The van der Waals surface area contributed by atoms with Crippen LogP contribution in [0.15, 0.2) is 18.2 Å². The highest BCUT2D eigenvalue weighted by Crippen LogP contribution is 2.28. The highest BCUT2D eigenvalue weighted by atomic mass is 19.1. The lowest BCUT2D eigenvalue weighted by Crippen LogP contribution is -2.49. The van der Waals surface area contributed by atoms with Crippen LogP contribution < -0.4 is 10.2 Å². The molecule has 0 spiro atoms. The first-order valence-electron chi connectivity index (χ1n) is 8.29. The van der Waals surface area contributed by atoms with Crippen molar-refractivity contribution in [2.24, 2.45) is 5.92 Å². The van der Waals surface area contributed by atoms with Gasteiger partial charge in [0.25, 0.3) is 5.91 Å². The first-order chi connectivity index (χ1) is 11.9. The Kier molecular flexibility index (Phi) is 4.61. The largest absolute Gasteiger partial charge is 0.481 e. The smallest absolute Gasteiger partial charge is 0.321 e. The molecule has 1 aromatic rings. The standard InChI is InChI=1S/C17H20FN3O4/c1-10-12(16(23)24)3-2-7-20(10)15(22)13-9-11(4-5-14(13)18)21-8-6-19-17(21)25/h4-5,9-10,12H,2-3,6-8H2,1H3,(H,19,25)(H,23,24)/t10-,12-/m1/s1. The summed E-state index contributed by atoms with van der Waals surface area (Å²) in [6, 6.07) is 3.17. The van der Waals surface area contributed by atoms with Crippen molar-refractivity contribution >= 4 is 23.6 Å². The van der Waals surface area contributed by atoms with E-state index in [1.165, 1.54) is 21.9 Å². The fourth-order valence-electron chi connectivity index (χ4n) is 3.48. The van der Waals surface area contributed by atoms with Crippen molar-refractivity contribution in [3.05, 3.63) is 29.6 Å². The lowest BCUT2D eigenvalue weighted by atomic mass is 9.89. The topological polar surface area (TPSA) is 89.9 Å². The van der Waals surface area contributed by atoms with E-state index in [9.17, 15) is 23.9 Å². The lowest BCUT2D eigenvalue weighted by Gasteiger charge is -2.37. The van der Waals surface area contributed by atoms with Gasteiger partial charge in [-0.3, -0.25) is 14.5 Å². The maximum absolute atomic E-state index is 14.3. The molecular formula is C17H20FN3O4. The van der Waals surface area contributed by atoms with Gasteiger partial charge in [0.2, 0.25) is 0 Å². The molecule has 3 amide bonds. The number of nitrogens with one attached hydrogen (secondary N) is 1. The van der Waals surface area contributed by atoms with E-state index < -0.39 is 29.7 Å². The Labute approximate surface area is 144 Å². The number of carboxylic acid groups (broad SMARTS) is 1. The first-order valence-corrected chi connectivity index (χ1v) is 8.29. The van der Waals surface area contributed by atoms with Crippen LogP contribution >= 0.6 is 0 Å². The van der Waals surface area contributed by atoms with E-state index in [0.717, 1.165) is 6.07 Å². The Morgan fingerprint density at radius 1 is 1.32 bits per heavy atom. The van der Waals surface area contributed by atoms with Gasteiger partial charge in [-0.15, -0.1) is 0 Å². The number of anilines is 1. The van der Waals surface area contributed by atoms with Crippen LogP contribution in [0, 0.1) is 11.7 Å². The number of halogens is 1. The van der Waals surface area contributed by atoms with Crippen LogP contribution in [0.5, 0.6) is 0 Å². The number of hydrogen-bond donors (Lipinski definition) is 2. The second-order valence-corrected chi connectivity index (χ2v) is 6.37. The zero-order valence-corrected chi connectivity index (χ0v) is 13.9. The second-order valence-electron chi connectivity index (χ2n) is 6.37. The number of amides is 3. The number of urea groups is 1. The summed E-state index contributed by atoms with van der Waals surface area (Å²) in [5, 5.41) is 11.9. The monoisotopic (exact) mass is 349 g/mol. The van der Waals surface area contributed by atoms with Gasteiger partial charge in [0.15, 0.2) is 0 Å². The highest BCUT2D eigenvalue weighted by molar-refractivity contribution is 5.99. The van der Waals surface area contributed by atoms with Gasteiger partial charge in [0, 0.05) is 31.4 Å². The minimum absolute atomic E-state index is 0.143. The number of carbonyl (C=O) groups excluding carboxylic acids is 2. The number of nitrogens with zero attached hydrogens (tertiary/aromatic N) is 2. The Bertz CT molecular complexity index is 724. The number of carboxylic acids is 1. The van der Waals surface area contributed by atoms with E-state index >= 15 is 0 Å². The van der Waals surface area contributed by atoms with Crippen molar-refractivity contribution in [1.29, 1.82) is 0 Å². The summed E-state index contributed by atoms with van der Waals surface area (Å²) >= 11 is 0. The van der Waals surface area contributed by atoms with Crippen molar-refractivity contribution in [3.8, 4) is 0 Å². The quantitative estimate of drug-likeness (QED) is 0.869. The number of aliphatic carboxylic acids is 1. The third-order valence-electron chi connectivity index (χ3n) is 4.91. The van der Waals surface area contributed by atoms with E-state index in [4.69, 9.17) is 0 Å². The molecule has 134 valence electrons. The normalized spacial score (nSPS) is 23.5. The highest BCUT2D eigenvalue weighted by Gasteiger charge is 2.36. The molecule has 0 aromatic heterocycles. The predicted octanol–water partition coefficient (Wildman–Crippen LogP) is 1.68. The summed E-state index contributed by atoms with van der Waals surface area (Å²) in [6.45, 7) is 2.99. The Morgan fingerprint density at radius 3 is 2.72 bits per heavy atom. The number of piperidine rings is 1. The third kappa shape index (κ3) is 3.16. The van der Waals surface area contributed by atoms with Gasteiger partial charge in [-0.25, -0.2) is 9.18 Å². The zero-order chi connectivity index (χ0) is 18.1. The fourth-order valence-corrected chi connectivity index (χ4v) is 3.48. The summed E-state index contributed by atoms with van der Waals surface area (Å²) < 4.78 is 14.3. The molecular weight excluding hydrogens is 329 g/mol. The average molecular weight is 349 g/mol. The molecule has 2 fully saturated rings. The molecule has 2 aliphatic rings. The summed E-state index contributed by atoms with van der Waals surface area (Å²) in [6.07, 6.45) is 1.06. The molecule has 0 unspecified atom stereocenters. The predicted molar refractivity (Wildman–Crippen MR) is 88.0 cm³/mol. The van der Waals surface area contributed by atoms with Crippen molar-refractivity contribution < 1.29 is 23.9 Å². The summed E-state index contributed by atoms with van der Waals surface area (Å²) in [5.41, 5.74) is 0.300. The first kappa shape index (κ1) is 17.2. The average Bonchev–Trinajstić information content (AvgIpc) is 3.01. The van der Waals surface area contributed by atoms with E-state index in [1.807, 2.05) is 0 Å². The Balaban J connectivity index is 1.88. The summed E-state index contributed by atoms with van der Waals surface area (Å²) in [5.74, 6) is -2.84. The van der Waals surface area contributed by atoms with E-state index in [2.05, 4.69) is 5.32 Å². The van der Waals surface area contributed by atoms with Gasteiger partial charge in [0.1, 0.15) is 5.82 Å². The number of carbonyl (C=O) groups is 3. The van der Waals surface area contributed by atoms with E-state index in [0.29, 0.717) is 38.2 Å². The third-order valence-corrected chi connectivity index (χ3v) is 4.91. The molecule has 2 saturated heterocycles. The van der Waals surface area contributed by atoms with Gasteiger partial charge in [-0.05, 0) is 38.0 Å². The molecule has 7 nitrogen and oxygen atoms in total. The van der Waals surface area contributed by atoms with Gasteiger partial charge >= 0.3 is 12.0 Å². The van der Waals surface area contributed by atoms with Crippen molar-refractivity contribution in [1.82, 2.24) is 10.2 Å². The molecule has 0 saturated carbocycles. The fraction of sp³-hybridized carbons (Fsp3) is 0.471. The van der Waals surface area contributed by atoms with Crippen LogP contribution in [-0.2, 0) is 4.79 Å². The molecule has 0 radical (unpaired) electrons. The molecule has 2 heterocycles. The SMILES string of the molecule is C[C@@H]1[C@H](C(=O)O)CCCN1C(=O)c1cc(N2CCNC2=O)ccc1F. The maximum Gasteiger partial charge on any atom is 0.321 e. The molecule has 2 aliphatic heterocycles. The molecule has 2 N–H and O–H groups in total. The maximum atomic E-state index is 14.3. The minimum Gasteiger partial charge on any atom is -0.481 e. The Morgan fingerprint density at radius 2 is 2.08 bits per heavy atom. The van der Waals surface area contributed by atoms with Gasteiger partial charge in [-0.2, -0.15) is 0 Å². The van der Waals surface area contributed by atoms with Crippen LogP contribution in [-0.4, -0.2) is 53.6 Å². The molecule has 1 aromatic carbocycles. The van der Waals surface area contributed by atoms with Gasteiger partial charge in [-0.1, -0.05) is 0 Å². The van der Waals surface area contributed by atoms with Crippen LogP contribution in [0.3, 0.4) is 0 Å². The van der Waals surface area contributed by atoms with E-state index in [1.54, 1.807) is 6.92 Å². The second kappa shape index (κ2) is 6.70. The van der Waals surface area contributed by atoms with Crippen LogP contribution in [0.1, 0.15) is 30.1 Å². The van der Waals surface area contributed by atoms with Crippen LogP contribution in [0.2, 0.25) is 0 Å². The van der Waals surface area contributed by atoms with Crippen LogP contribution in [0.4, 0.5) is 14.9 Å². The van der Waals surface area contributed by atoms with Crippen molar-refractivity contribution in [3.63, 3.8) is 0 Å². The Hall–Kier alpha value is -2.64. The lowest BCUT2D eigenvalue weighted by molar-refractivity contribution is -0.144. The van der Waals surface area contributed by atoms with Crippen molar-refractivity contribution in [2.45, 2.75) is 25.8 Å². The molecule has 3 rings (SSSR count). The summed E-state index contributed by atoms with van der Waals surface area (Å²) in [7, 11) is 0. The van der Waals surface area contributed by atoms with Gasteiger partial charge < -0.3 is 15.3 Å². The van der Waals surface area contributed by atoms with Crippen molar-refractivity contribution in [2.75, 3.05) is 24.5 Å².